The van der Waals surface area contributed by atoms with Gasteiger partial charge < -0.3 is 104 Å². The predicted octanol–water partition coefficient (Wildman–Crippen LogP) is 21.8. The van der Waals surface area contributed by atoms with Gasteiger partial charge in [-0.2, -0.15) is 10.5 Å². The van der Waals surface area contributed by atoms with Crippen LogP contribution in [0.3, 0.4) is 0 Å². The maximum atomic E-state index is 11.9. The van der Waals surface area contributed by atoms with Crippen molar-refractivity contribution in [1.29, 1.82) is 10.5 Å². The molecule has 147 heavy (non-hydrogen) atoms. The zero-order valence-corrected chi connectivity index (χ0v) is 90.9. The monoisotopic (exact) mass is 2060 g/mol. The van der Waals surface area contributed by atoms with Crippen LogP contribution in [0.15, 0.2) is 237 Å². The topological polar surface area (TPSA) is 311 Å². The van der Waals surface area contributed by atoms with Gasteiger partial charge in [0.15, 0.2) is 6.29 Å². The summed E-state index contributed by atoms with van der Waals surface area (Å²) in [5.41, 5.74) is 4.64. The van der Waals surface area contributed by atoms with Crippen LogP contribution >= 0.6 is 17.1 Å². The third-order valence-electron chi connectivity index (χ3n) is 24.8. The first kappa shape index (κ1) is 120. The Morgan fingerprint density at radius 1 is 0.361 bits per heavy atom. The zero-order valence-electron chi connectivity index (χ0n) is 89.1. The molecule has 10 rings (SSSR count). The van der Waals surface area contributed by atoms with E-state index in [2.05, 4.69) is 191 Å². The average molecular weight is 2070 g/mol. The molecular weight excluding hydrogens is 1910 g/mol. The molecule has 7 atom stereocenters. The second-order valence-corrected chi connectivity index (χ2v) is 39.8. The van der Waals surface area contributed by atoms with Gasteiger partial charge in [-0.3, -0.25) is 14.4 Å². The molecule has 9 aromatic carbocycles. The van der Waals surface area contributed by atoms with Crippen LogP contribution in [-0.4, -0.2) is 231 Å². The molecule has 0 aromatic heterocycles. The molecule has 0 radical (unpaired) electrons. The summed E-state index contributed by atoms with van der Waals surface area (Å²) in [6.07, 6.45) is 2.64. The normalized spacial score (nSPS) is 15.4. The molecule has 0 aliphatic carbocycles. The van der Waals surface area contributed by atoms with E-state index in [0.717, 1.165) is 84.6 Å². The van der Waals surface area contributed by atoms with Gasteiger partial charge in [-0.05, 0) is 223 Å². The lowest BCUT2D eigenvalue weighted by molar-refractivity contribution is -0.262. The van der Waals surface area contributed by atoms with Crippen molar-refractivity contribution in [3.05, 3.63) is 287 Å². The Labute approximate surface area is 874 Å². The van der Waals surface area contributed by atoms with E-state index in [1.54, 1.807) is 42.7 Å². The summed E-state index contributed by atoms with van der Waals surface area (Å²) in [5, 5.41) is 21.1. The summed E-state index contributed by atoms with van der Waals surface area (Å²) in [7, 11) is 7.30. The van der Waals surface area contributed by atoms with Crippen molar-refractivity contribution in [2.24, 2.45) is 11.3 Å². The van der Waals surface area contributed by atoms with Gasteiger partial charge in [0.25, 0.3) is 17.1 Å². The Morgan fingerprint density at radius 3 is 0.898 bits per heavy atom. The first-order chi connectivity index (χ1) is 71.2. The van der Waals surface area contributed by atoms with Gasteiger partial charge in [0.05, 0.1) is 152 Å². The zero-order chi connectivity index (χ0) is 106. The Bertz CT molecular complexity index is 4750. The number of hydrogen-bond donors (Lipinski definition) is 1. The summed E-state index contributed by atoms with van der Waals surface area (Å²) in [6, 6.07) is 83.7. The van der Waals surface area contributed by atoms with Crippen LogP contribution in [0.4, 0.5) is 0 Å². The standard InChI is InChI=1S/C90H109N2O15P.C26H46N3O9P/c1-70(2)92(71(3)4)108(107-65-22-56-91)106-64-21-20-57-99-66-87(67-100-58-23-61-103-88(72-26-14-11-15-27-72,75-32-44-81(93-5)45-33-75)76-34-46-82(94-6)47-35-76,68-101-59-24-62-104-89(73-28-16-12-17-29-73,77-36-48-83(95-7)49-37-77)78-38-50-84(96-8)51-39-78)69-102-60-25-63-105-90(74-30-18-13-19-31-74,79-40-52-85(97-9)53-41-79)80-42-54-86(98-10)55-43-80;1-17(2)29(18(3)4)39(36-15-11-12-27)35-14-10-9-13-33-26-24(28-20(6)30)19(5)25(37-22(8)32)23(38-26)16-34-21(7)31/h11-19,26-55,70-71H,20-25,57-69H2,1-10H3;17-19,23-26H,9-11,13-16H2,1-8H3,(H,28,30)/t;19-,23?,24?,25-,26-,39?/m.1/s1. The molecular formula is C116H155N5O24P2. The maximum absolute atomic E-state index is 11.9. The van der Waals surface area contributed by atoms with Gasteiger partial charge in [0.1, 0.15) is 70.1 Å². The lowest BCUT2D eigenvalue weighted by Crippen LogP contribution is -2.62. The minimum atomic E-state index is -1.40. The fourth-order valence-corrected chi connectivity index (χ4v) is 21.1. The van der Waals surface area contributed by atoms with Crippen molar-refractivity contribution in [2.45, 2.75) is 206 Å². The fraction of sp³-hybridized carbons (Fsp3) is 0.491. The second-order valence-electron chi connectivity index (χ2n) is 36.9. The highest BCUT2D eigenvalue weighted by atomic mass is 31.2. The number of carbonyl (C=O) groups is 3. The number of rotatable bonds is 67. The Balaban J connectivity index is 0.000000517. The summed E-state index contributed by atoms with van der Waals surface area (Å²) >= 11 is 0. The number of nitrogens with one attached hydrogen (secondary N) is 1. The van der Waals surface area contributed by atoms with Crippen molar-refractivity contribution in [2.75, 3.05) is 155 Å². The van der Waals surface area contributed by atoms with Crippen molar-refractivity contribution in [3.8, 4) is 46.6 Å². The van der Waals surface area contributed by atoms with E-state index in [1.165, 1.54) is 20.8 Å². The molecule has 1 aliphatic heterocycles. The Hall–Kier alpha value is -10.6. The molecule has 9 aromatic rings. The Kier molecular flexibility index (Phi) is 52.3. The van der Waals surface area contributed by atoms with E-state index in [4.69, 9.17) is 104 Å². The van der Waals surface area contributed by atoms with E-state index in [-0.39, 0.29) is 75.4 Å². The van der Waals surface area contributed by atoms with Crippen molar-refractivity contribution < 1.29 is 113 Å². The summed E-state index contributed by atoms with van der Waals surface area (Å²) in [5.74, 6) is 2.80. The van der Waals surface area contributed by atoms with Gasteiger partial charge in [0, 0.05) is 83.9 Å². The van der Waals surface area contributed by atoms with Crippen molar-refractivity contribution in [3.63, 3.8) is 0 Å². The number of hydrogen-bond acceptors (Lipinski definition) is 28. The molecule has 29 nitrogen and oxygen atoms in total. The van der Waals surface area contributed by atoms with Crippen LogP contribution in [0.1, 0.15) is 191 Å². The van der Waals surface area contributed by atoms with Gasteiger partial charge >= 0.3 is 11.9 Å². The van der Waals surface area contributed by atoms with Gasteiger partial charge in [-0.15, -0.1) is 0 Å². The third kappa shape index (κ3) is 35.8. The van der Waals surface area contributed by atoms with Crippen LogP contribution in [0, 0.1) is 34.0 Å². The molecule has 1 saturated heterocycles. The molecule has 1 heterocycles. The molecule has 1 N–H and O–H groups in total. The van der Waals surface area contributed by atoms with Crippen LogP contribution in [0.2, 0.25) is 0 Å². The summed E-state index contributed by atoms with van der Waals surface area (Å²) < 4.78 is 135. The summed E-state index contributed by atoms with van der Waals surface area (Å²) in [4.78, 5) is 35.0. The molecule has 0 bridgehead atoms. The molecule has 798 valence electrons. The maximum Gasteiger partial charge on any atom is 0.303 e. The quantitative estimate of drug-likeness (QED) is 0.0160. The van der Waals surface area contributed by atoms with Crippen LogP contribution in [0.25, 0.3) is 0 Å². The minimum absolute atomic E-state index is 0.115. The number of methoxy groups -OCH3 is 6. The number of nitrogens with zero attached hydrogens (tertiary/aromatic N) is 4. The molecule has 4 unspecified atom stereocenters. The Morgan fingerprint density at radius 2 is 0.633 bits per heavy atom. The number of benzene rings is 9. The van der Waals surface area contributed by atoms with Crippen molar-refractivity contribution in [1.82, 2.24) is 14.7 Å². The predicted molar refractivity (Wildman–Crippen MR) is 569 cm³/mol. The van der Waals surface area contributed by atoms with Crippen LogP contribution in [0.5, 0.6) is 34.5 Å². The number of esters is 2. The van der Waals surface area contributed by atoms with E-state index in [0.29, 0.717) is 131 Å². The molecule has 0 saturated carbocycles. The van der Waals surface area contributed by atoms with Gasteiger partial charge in [-0.1, -0.05) is 171 Å². The van der Waals surface area contributed by atoms with E-state index in [9.17, 15) is 19.6 Å². The number of ether oxygens (including phenoxy) is 17. The molecule has 1 fully saturated rings. The third-order valence-corrected chi connectivity index (χ3v) is 29.0. The molecule has 31 heteroatoms. The highest BCUT2D eigenvalue weighted by Crippen LogP contribution is 2.50. The van der Waals surface area contributed by atoms with E-state index >= 15 is 0 Å². The van der Waals surface area contributed by atoms with Crippen LogP contribution < -0.4 is 33.7 Å². The average Bonchev–Trinajstić information content (AvgIpc) is 0.757. The smallest absolute Gasteiger partial charge is 0.303 e. The first-order valence-corrected chi connectivity index (χ1v) is 53.0. The molecule has 0 spiro atoms. The largest absolute Gasteiger partial charge is 0.497 e. The van der Waals surface area contributed by atoms with E-state index < -0.39 is 75.7 Å². The molecule has 1 amide bonds. The number of amides is 1. The number of nitriles is 2. The van der Waals surface area contributed by atoms with Crippen LogP contribution in [-0.2, 0) is 101 Å². The SMILES string of the molecule is CC(=O)NC1[C@H](OCCCCOP(OCCC#N)N(C(C)C)C(C)C)OC(COC(C)=O)[C@H](OC(C)=O)[C@@H]1C.COc1ccc(C(OCCCOCC(COCCCCOP(OCCC#N)N(C(C)C)C(C)C)(COCCCOC(c2ccccc2)(c2ccc(OC)cc2)c2ccc(OC)cc2)COCCCOC(c2ccccc2)(c2ccc(OC)cc2)c2ccc(OC)cc2)(c2ccccc2)c2ccc(OC)cc2)cc1. The van der Waals surface area contributed by atoms with Gasteiger partial charge in [-0.25, -0.2) is 9.34 Å². The number of unbranched alkanes of at least 4 members (excludes halogenated alkanes) is 2. The van der Waals surface area contributed by atoms with Crippen molar-refractivity contribution >= 4 is 34.9 Å². The fourth-order valence-electron chi connectivity index (χ4n) is 17.8. The first-order valence-electron chi connectivity index (χ1n) is 50.8. The number of carbonyl (C=O) groups excluding carboxylic acids is 3. The molecule has 1 aliphatic rings. The lowest BCUT2D eigenvalue weighted by Gasteiger charge is -2.44. The minimum Gasteiger partial charge on any atom is -0.497 e. The summed E-state index contributed by atoms with van der Waals surface area (Å²) in [6.45, 7) is 27.8. The van der Waals surface area contributed by atoms with Gasteiger partial charge in [0.2, 0.25) is 5.91 Å². The van der Waals surface area contributed by atoms with E-state index in [1.807, 2.05) is 134 Å². The second kappa shape index (κ2) is 64.1. The highest BCUT2D eigenvalue weighted by Gasteiger charge is 2.48. The highest BCUT2D eigenvalue weighted by molar-refractivity contribution is 7.44. The lowest BCUT2D eigenvalue weighted by atomic mass is 9.80.